The molecule has 0 unspecified atom stereocenters. The smallest absolute Gasteiger partial charge is 0.230 e. The molecule has 1 amide bonds. The molecule has 0 bridgehead atoms. The molecule has 1 saturated carbocycles. The van der Waals surface area contributed by atoms with Gasteiger partial charge < -0.3 is 5.32 Å². The van der Waals surface area contributed by atoms with Crippen LogP contribution in [0.3, 0.4) is 0 Å². The molecule has 0 saturated heterocycles. The number of sulfone groups is 1. The van der Waals surface area contributed by atoms with Crippen molar-refractivity contribution in [1.29, 1.82) is 0 Å². The molecule has 1 aliphatic carbocycles. The quantitative estimate of drug-likeness (QED) is 0.619. The fourth-order valence-electron chi connectivity index (χ4n) is 3.61. The number of rotatable bonds is 6. The van der Waals surface area contributed by atoms with Gasteiger partial charge in [-0.15, -0.1) is 11.3 Å². The Morgan fingerprint density at radius 2 is 1.83 bits per heavy atom. The number of amides is 1. The topological polar surface area (TPSA) is 76.1 Å². The summed E-state index contributed by atoms with van der Waals surface area (Å²) in [5, 5.41) is 5.25. The minimum atomic E-state index is -3.35. The van der Waals surface area contributed by atoms with Gasteiger partial charge in [0.25, 0.3) is 0 Å². The van der Waals surface area contributed by atoms with E-state index in [9.17, 15) is 13.2 Å². The average Bonchev–Trinajstić information content (AvgIpc) is 3.41. The zero-order chi connectivity index (χ0) is 20.3. The molecule has 0 spiro atoms. The molecule has 4 rings (SSSR count). The maximum absolute atomic E-state index is 12.8. The van der Waals surface area contributed by atoms with Gasteiger partial charge in [-0.2, -0.15) is 0 Å². The molecule has 7 heteroatoms. The van der Waals surface area contributed by atoms with Crippen molar-refractivity contribution in [1.82, 2.24) is 4.98 Å². The zero-order valence-corrected chi connectivity index (χ0v) is 17.5. The first-order chi connectivity index (χ1) is 14.0. The van der Waals surface area contributed by atoms with Gasteiger partial charge >= 0.3 is 0 Å². The number of benzene rings is 2. The number of hydrogen-bond acceptors (Lipinski definition) is 5. The first kappa shape index (κ1) is 19.8. The molecule has 29 heavy (non-hydrogen) atoms. The molecule has 150 valence electrons. The van der Waals surface area contributed by atoms with Crippen LogP contribution in [0.15, 0.2) is 64.9 Å². The molecule has 1 fully saturated rings. The van der Waals surface area contributed by atoms with Crippen LogP contribution in [0.2, 0.25) is 0 Å². The van der Waals surface area contributed by atoms with E-state index in [1.54, 1.807) is 24.3 Å². The van der Waals surface area contributed by atoms with E-state index < -0.39 is 9.84 Å². The molecule has 5 nitrogen and oxygen atoms in total. The molecular weight excluding hydrogens is 404 g/mol. The lowest BCUT2D eigenvalue weighted by Crippen LogP contribution is -2.19. The molecule has 1 aliphatic rings. The van der Waals surface area contributed by atoms with Crippen molar-refractivity contribution in [3.05, 3.63) is 65.7 Å². The van der Waals surface area contributed by atoms with Gasteiger partial charge in [-0.05, 0) is 31.0 Å². The highest BCUT2D eigenvalue weighted by atomic mass is 32.2. The predicted octanol–water partition coefficient (Wildman–Crippen LogP) is 4.71. The second kappa shape index (κ2) is 8.47. The third-order valence-electron chi connectivity index (χ3n) is 5.10. The van der Waals surface area contributed by atoms with E-state index in [1.807, 2.05) is 35.7 Å². The summed E-state index contributed by atoms with van der Waals surface area (Å²) in [4.78, 5) is 17.3. The largest absolute Gasteiger partial charge is 0.326 e. The maximum atomic E-state index is 12.8. The first-order valence-electron chi connectivity index (χ1n) is 9.66. The number of carbonyl (C=O) groups is 1. The van der Waals surface area contributed by atoms with Gasteiger partial charge in [0.1, 0.15) is 5.01 Å². The summed E-state index contributed by atoms with van der Waals surface area (Å²) < 4.78 is 25.6. The Balaban J connectivity index is 1.43. The lowest BCUT2D eigenvalue weighted by atomic mass is 10.2. The maximum Gasteiger partial charge on any atom is 0.230 e. The summed E-state index contributed by atoms with van der Waals surface area (Å²) in [6.07, 6.45) is 3.49. The van der Waals surface area contributed by atoms with Crippen molar-refractivity contribution in [3.63, 3.8) is 0 Å². The highest BCUT2D eigenvalue weighted by molar-refractivity contribution is 7.92. The van der Waals surface area contributed by atoms with E-state index in [0.717, 1.165) is 23.4 Å². The van der Waals surface area contributed by atoms with Crippen molar-refractivity contribution in [2.24, 2.45) is 0 Å². The van der Waals surface area contributed by atoms with Crippen molar-refractivity contribution >= 4 is 32.8 Å². The van der Waals surface area contributed by atoms with Gasteiger partial charge in [-0.1, -0.05) is 49.2 Å². The van der Waals surface area contributed by atoms with Gasteiger partial charge in [0.2, 0.25) is 5.91 Å². The highest BCUT2D eigenvalue weighted by Gasteiger charge is 2.30. The van der Waals surface area contributed by atoms with E-state index in [2.05, 4.69) is 10.3 Å². The Morgan fingerprint density at radius 3 is 2.59 bits per heavy atom. The number of carbonyl (C=O) groups excluding carboxylic acids is 1. The Morgan fingerprint density at radius 1 is 1.07 bits per heavy atom. The van der Waals surface area contributed by atoms with Gasteiger partial charge in [0.05, 0.1) is 22.3 Å². The first-order valence-corrected chi connectivity index (χ1v) is 12.1. The fourth-order valence-corrected chi connectivity index (χ4v) is 6.34. The van der Waals surface area contributed by atoms with Crippen molar-refractivity contribution in [2.75, 3.05) is 5.32 Å². The molecule has 0 aliphatic heterocycles. The Labute approximate surface area is 174 Å². The van der Waals surface area contributed by atoms with Gasteiger partial charge in [0.15, 0.2) is 9.84 Å². The van der Waals surface area contributed by atoms with Crippen LogP contribution < -0.4 is 5.32 Å². The van der Waals surface area contributed by atoms with Crippen LogP contribution in [0.4, 0.5) is 5.69 Å². The van der Waals surface area contributed by atoms with Gasteiger partial charge in [-0.25, -0.2) is 13.4 Å². The van der Waals surface area contributed by atoms with Crippen LogP contribution in [0, 0.1) is 0 Å². The van der Waals surface area contributed by atoms with E-state index in [-0.39, 0.29) is 22.5 Å². The molecule has 1 N–H and O–H groups in total. The summed E-state index contributed by atoms with van der Waals surface area (Å²) in [6, 6.07) is 16.4. The van der Waals surface area contributed by atoms with Crippen LogP contribution in [0.25, 0.3) is 10.6 Å². The standard InChI is InChI=1S/C22H22N2O3S2/c25-21(14-18-15-28-22(24-18)16-7-2-1-3-8-16)23-17-9-6-12-20(13-17)29(26,27)19-10-4-5-11-19/h1-3,6-9,12-13,15,19H,4-5,10-11,14H2,(H,23,25). The van der Waals surface area contributed by atoms with Crippen LogP contribution in [-0.4, -0.2) is 24.6 Å². The van der Waals surface area contributed by atoms with Crippen molar-refractivity contribution in [3.8, 4) is 10.6 Å². The fraction of sp³-hybridized carbons (Fsp3) is 0.273. The van der Waals surface area contributed by atoms with E-state index in [4.69, 9.17) is 0 Å². The Kier molecular flexibility index (Phi) is 5.78. The monoisotopic (exact) mass is 426 g/mol. The second-order valence-corrected chi connectivity index (χ2v) is 10.3. The lowest BCUT2D eigenvalue weighted by Gasteiger charge is -2.12. The summed E-state index contributed by atoms with van der Waals surface area (Å²) in [5.74, 6) is -0.217. The molecule has 2 aromatic carbocycles. The predicted molar refractivity (Wildman–Crippen MR) is 116 cm³/mol. The summed E-state index contributed by atoms with van der Waals surface area (Å²) in [6.45, 7) is 0. The molecule has 1 aromatic heterocycles. The van der Waals surface area contributed by atoms with Gasteiger partial charge in [0, 0.05) is 16.6 Å². The van der Waals surface area contributed by atoms with Crippen LogP contribution in [-0.2, 0) is 21.1 Å². The van der Waals surface area contributed by atoms with Crippen molar-refractivity contribution < 1.29 is 13.2 Å². The number of hydrogen-bond donors (Lipinski definition) is 1. The second-order valence-electron chi connectivity index (χ2n) is 7.21. The number of aromatic nitrogens is 1. The molecule has 3 aromatic rings. The lowest BCUT2D eigenvalue weighted by molar-refractivity contribution is -0.115. The Bertz CT molecular complexity index is 1100. The zero-order valence-electron chi connectivity index (χ0n) is 15.9. The van der Waals surface area contributed by atoms with Crippen LogP contribution in [0.5, 0.6) is 0 Å². The summed E-state index contributed by atoms with van der Waals surface area (Å²) >= 11 is 1.50. The van der Waals surface area contributed by atoms with E-state index in [1.165, 1.54) is 11.3 Å². The SMILES string of the molecule is O=C(Cc1csc(-c2ccccc2)n1)Nc1cccc(S(=O)(=O)C2CCCC2)c1. The highest BCUT2D eigenvalue weighted by Crippen LogP contribution is 2.30. The molecular formula is C22H22N2O3S2. The normalized spacial score (nSPS) is 14.8. The summed E-state index contributed by atoms with van der Waals surface area (Å²) in [5.41, 5.74) is 2.21. The van der Waals surface area contributed by atoms with Crippen LogP contribution in [0.1, 0.15) is 31.4 Å². The third-order valence-corrected chi connectivity index (χ3v) is 8.30. The molecule has 0 atom stereocenters. The minimum Gasteiger partial charge on any atom is -0.326 e. The third kappa shape index (κ3) is 4.57. The minimum absolute atomic E-state index is 0.142. The molecule has 1 heterocycles. The number of nitrogens with one attached hydrogen (secondary N) is 1. The number of nitrogens with zero attached hydrogens (tertiary/aromatic N) is 1. The number of anilines is 1. The molecule has 0 radical (unpaired) electrons. The van der Waals surface area contributed by atoms with Crippen molar-refractivity contribution in [2.45, 2.75) is 42.2 Å². The summed E-state index contributed by atoms with van der Waals surface area (Å²) in [7, 11) is -3.35. The van der Waals surface area contributed by atoms with Gasteiger partial charge in [-0.3, -0.25) is 4.79 Å². The average molecular weight is 427 g/mol. The van der Waals surface area contributed by atoms with E-state index in [0.29, 0.717) is 24.2 Å². The van der Waals surface area contributed by atoms with E-state index >= 15 is 0 Å². The van der Waals surface area contributed by atoms with Crippen LogP contribution >= 0.6 is 11.3 Å². The Hall–Kier alpha value is -2.51. The number of thiazole rings is 1.